The van der Waals surface area contributed by atoms with E-state index in [2.05, 4.69) is 34.5 Å². The Morgan fingerprint density at radius 3 is 2.59 bits per heavy atom. The van der Waals surface area contributed by atoms with Gasteiger partial charge in [0, 0.05) is 0 Å². The van der Waals surface area contributed by atoms with E-state index in [9.17, 15) is 4.79 Å². The molecular formula is C16H18N4OSn. The zero-order valence-corrected chi connectivity index (χ0v) is 15.7. The van der Waals surface area contributed by atoms with E-state index in [4.69, 9.17) is 0 Å². The van der Waals surface area contributed by atoms with Crippen molar-refractivity contribution in [2.24, 2.45) is 0 Å². The normalized spacial score (nSPS) is 11.6. The molecule has 0 aromatic carbocycles. The summed E-state index contributed by atoms with van der Waals surface area (Å²) in [5, 5.41) is 2.84. The molecule has 3 aromatic heterocycles. The molecule has 1 N–H and O–H groups in total. The fraction of sp³-hybridized carbons (Fsp3) is 0.188. The van der Waals surface area contributed by atoms with E-state index in [0.29, 0.717) is 11.5 Å². The van der Waals surface area contributed by atoms with Crippen molar-refractivity contribution in [3.63, 3.8) is 0 Å². The number of pyridine rings is 2. The van der Waals surface area contributed by atoms with Crippen molar-refractivity contribution in [2.45, 2.75) is 14.8 Å². The second-order valence-corrected chi connectivity index (χ2v) is 20.4. The van der Waals surface area contributed by atoms with Gasteiger partial charge in [0.2, 0.25) is 0 Å². The van der Waals surface area contributed by atoms with Crippen molar-refractivity contribution in [3.8, 4) is 0 Å². The van der Waals surface area contributed by atoms with Crippen LogP contribution in [0.5, 0.6) is 0 Å². The number of carbonyl (C=O) groups excluding carboxylic acids is 1. The number of imidazole rings is 1. The van der Waals surface area contributed by atoms with Gasteiger partial charge in [0.15, 0.2) is 0 Å². The number of nitrogens with zero attached hydrogens (tertiary/aromatic N) is 3. The van der Waals surface area contributed by atoms with Crippen LogP contribution in [0.2, 0.25) is 14.8 Å². The summed E-state index contributed by atoms with van der Waals surface area (Å²) in [6.45, 7) is 0. The summed E-state index contributed by atoms with van der Waals surface area (Å²) < 4.78 is 3.15. The van der Waals surface area contributed by atoms with Crippen LogP contribution in [0.15, 0.2) is 48.8 Å². The molecule has 0 aliphatic rings. The predicted molar refractivity (Wildman–Crippen MR) is 90.4 cm³/mol. The minimum atomic E-state index is -2.54. The molecular weight excluding hydrogens is 383 g/mol. The SMILES string of the molecule is [CH3][Sn]([CH3])([CH3])[c]1c(C(=O)Nc2ccccn2)nc2ccccn12. The van der Waals surface area contributed by atoms with Gasteiger partial charge in [-0.15, -0.1) is 0 Å². The van der Waals surface area contributed by atoms with Crippen molar-refractivity contribution < 1.29 is 4.79 Å². The average molecular weight is 401 g/mol. The molecule has 3 aromatic rings. The van der Waals surface area contributed by atoms with E-state index in [-0.39, 0.29) is 5.91 Å². The summed E-state index contributed by atoms with van der Waals surface area (Å²) in [6, 6.07) is 11.3. The molecule has 0 saturated carbocycles. The molecule has 0 aliphatic carbocycles. The minimum absolute atomic E-state index is 0.191. The predicted octanol–water partition coefficient (Wildman–Crippen LogP) is 2.53. The molecule has 0 radical (unpaired) electrons. The molecule has 3 rings (SSSR count). The Morgan fingerprint density at radius 2 is 1.91 bits per heavy atom. The van der Waals surface area contributed by atoms with Gasteiger partial charge >= 0.3 is 133 Å². The van der Waals surface area contributed by atoms with E-state index in [1.165, 1.54) is 0 Å². The zero-order chi connectivity index (χ0) is 15.7. The average Bonchev–Trinajstić information content (AvgIpc) is 2.88. The third kappa shape index (κ3) is 2.85. The standard InChI is InChI=1S/C13H9N4O.3CH3.Sn/c18-13(16-11-5-1-3-7-14-11)10-9-17-8-4-2-6-12(17)15-10;;;;/h1-8H,(H,14,16,18);3*1H3;. The molecule has 112 valence electrons. The number of carbonyl (C=O) groups is 1. The van der Waals surface area contributed by atoms with Gasteiger partial charge in [-0.05, 0) is 0 Å². The molecule has 0 bridgehead atoms. The third-order valence-electron chi connectivity index (χ3n) is 3.36. The van der Waals surface area contributed by atoms with E-state index in [1.54, 1.807) is 12.3 Å². The van der Waals surface area contributed by atoms with Gasteiger partial charge in [0.1, 0.15) is 0 Å². The van der Waals surface area contributed by atoms with Crippen molar-refractivity contribution >= 4 is 39.5 Å². The summed E-state index contributed by atoms with van der Waals surface area (Å²) in [5.74, 6) is 0.351. The van der Waals surface area contributed by atoms with Crippen molar-refractivity contribution in [1.82, 2.24) is 14.4 Å². The molecule has 0 aliphatic heterocycles. The van der Waals surface area contributed by atoms with Gasteiger partial charge < -0.3 is 0 Å². The summed E-state index contributed by atoms with van der Waals surface area (Å²) in [6.07, 6.45) is 3.64. The van der Waals surface area contributed by atoms with Crippen molar-refractivity contribution in [3.05, 3.63) is 54.5 Å². The third-order valence-corrected chi connectivity index (χ3v) is 8.78. The molecule has 0 fully saturated rings. The van der Waals surface area contributed by atoms with Gasteiger partial charge in [0.25, 0.3) is 0 Å². The fourth-order valence-corrected chi connectivity index (χ4v) is 7.60. The zero-order valence-electron chi connectivity index (χ0n) is 12.9. The first-order chi connectivity index (χ1) is 10.5. The van der Waals surface area contributed by atoms with E-state index < -0.39 is 18.4 Å². The van der Waals surface area contributed by atoms with Crippen LogP contribution in [0.25, 0.3) is 5.65 Å². The first-order valence-corrected chi connectivity index (χ1v) is 17.2. The molecule has 1 amide bonds. The van der Waals surface area contributed by atoms with Gasteiger partial charge in [0.05, 0.1) is 0 Å². The van der Waals surface area contributed by atoms with Gasteiger partial charge in [-0.2, -0.15) is 0 Å². The Bertz CT molecular complexity index is 821. The van der Waals surface area contributed by atoms with E-state index in [1.807, 2.05) is 36.5 Å². The maximum atomic E-state index is 12.7. The number of fused-ring (bicyclic) bond motifs is 1. The number of nitrogens with one attached hydrogen (secondary N) is 1. The Morgan fingerprint density at radius 1 is 1.14 bits per heavy atom. The van der Waals surface area contributed by atoms with Crippen LogP contribution in [0, 0.1) is 0 Å². The first-order valence-electron chi connectivity index (χ1n) is 7.17. The van der Waals surface area contributed by atoms with Crippen LogP contribution in [-0.2, 0) is 0 Å². The number of anilines is 1. The van der Waals surface area contributed by atoms with E-state index >= 15 is 0 Å². The number of amides is 1. The van der Waals surface area contributed by atoms with Gasteiger partial charge in [-0.1, -0.05) is 0 Å². The topological polar surface area (TPSA) is 59.3 Å². The summed E-state index contributed by atoms with van der Waals surface area (Å²) in [4.78, 5) is 28.2. The molecule has 5 nitrogen and oxygen atoms in total. The quantitative estimate of drug-likeness (QED) is 0.687. The Hall–Kier alpha value is -1.89. The van der Waals surface area contributed by atoms with Crippen LogP contribution in [0.3, 0.4) is 0 Å². The molecule has 0 saturated heterocycles. The first kappa shape index (κ1) is 15.0. The van der Waals surface area contributed by atoms with Crippen LogP contribution < -0.4 is 9.03 Å². The molecule has 6 heteroatoms. The van der Waals surface area contributed by atoms with Crippen LogP contribution >= 0.6 is 0 Å². The van der Waals surface area contributed by atoms with Gasteiger partial charge in [-0.3, -0.25) is 0 Å². The van der Waals surface area contributed by atoms with Crippen LogP contribution in [0.4, 0.5) is 5.82 Å². The molecule has 22 heavy (non-hydrogen) atoms. The number of rotatable bonds is 3. The Balaban J connectivity index is 2.08. The van der Waals surface area contributed by atoms with Crippen molar-refractivity contribution in [1.29, 1.82) is 0 Å². The fourth-order valence-electron chi connectivity index (χ4n) is 2.48. The summed E-state index contributed by atoms with van der Waals surface area (Å²) in [5.41, 5.74) is 1.34. The van der Waals surface area contributed by atoms with Gasteiger partial charge in [-0.25, -0.2) is 0 Å². The number of aromatic nitrogens is 3. The monoisotopic (exact) mass is 402 g/mol. The Kier molecular flexibility index (Phi) is 3.90. The van der Waals surface area contributed by atoms with Crippen LogP contribution in [0.1, 0.15) is 10.5 Å². The molecule has 0 spiro atoms. The molecule has 3 heterocycles. The number of hydrogen-bond acceptors (Lipinski definition) is 3. The maximum absolute atomic E-state index is 12.7. The van der Waals surface area contributed by atoms with Crippen molar-refractivity contribution in [2.75, 3.05) is 5.32 Å². The van der Waals surface area contributed by atoms with E-state index in [0.717, 1.165) is 9.36 Å². The molecule has 0 unspecified atom stereocenters. The summed E-state index contributed by atoms with van der Waals surface area (Å²) >= 11 is -2.54. The van der Waals surface area contributed by atoms with Crippen LogP contribution in [-0.4, -0.2) is 38.7 Å². The number of hydrogen-bond donors (Lipinski definition) is 1. The summed E-state index contributed by atoms with van der Waals surface area (Å²) in [7, 11) is 0. The second kappa shape index (κ2) is 5.72. The second-order valence-electron chi connectivity index (χ2n) is 6.16. The Labute approximate surface area is 133 Å². The molecule has 0 atom stereocenters.